The van der Waals surface area contributed by atoms with Crippen molar-refractivity contribution in [3.05, 3.63) is 52.2 Å². The van der Waals surface area contributed by atoms with Gasteiger partial charge in [-0.25, -0.2) is 4.98 Å². The van der Waals surface area contributed by atoms with E-state index in [2.05, 4.69) is 15.2 Å². The van der Waals surface area contributed by atoms with Gasteiger partial charge in [-0.1, -0.05) is 30.0 Å². The van der Waals surface area contributed by atoms with Crippen molar-refractivity contribution in [2.75, 3.05) is 12.4 Å². The van der Waals surface area contributed by atoms with Gasteiger partial charge in [-0.2, -0.15) is 0 Å². The van der Waals surface area contributed by atoms with Crippen molar-refractivity contribution in [3.63, 3.8) is 0 Å². The molecule has 0 amide bonds. The zero-order valence-corrected chi connectivity index (χ0v) is 18.4. The molecule has 0 saturated heterocycles. The van der Waals surface area contributed by atoms with Crippen LogP contribution in [0, 0.1) is 6.92 Å². The summed E-state index contributed by atoms with van der Waals surface area (Å²) < 4.78 is 7.16. The summed E-state index contributed by atoms with van der Waals surface area (Å²) in [4.78, 5) is 29.9. The van der Waals surface area contributed by atoms with Crippen LogP contribution in [0.25, 0.3) is 5.69 Å². The highest BCUT2D eigenvalue weighted by Gasteiger charge is 2.34. The molecule has 0 bridgehead atoms. The molecule has 4 rings (SSSR count). The standard InChI is InChI=1S/C21H22N4O3S2/c1-3-28-20(27)17(19-22-13(2)11-29-19)16(26)12-30-21-24-23-18(14-9-10-14)25(21)15-7-5-4-6-8-15/h4-8,11,14,17H,3,9-10,12H2,1-2H3/t17-/m0/s1. The van der Waals surface area contributed by atoms with Gasteiger partial charge in [0.25, 0.3) is 0 Å². The van der Waals surface area contributed by atoms with Crippen LogP contribution in [-0.4, -0.2) is 43.9 Å². The molecule has 1 fully saturated rings. The molecule has 156 valence electrons. The molecule has 0 N–H and O–H groups in total. The number of ketones is 1. The summed E-state index contributed by atoms with van der Waals surface area (Å²) in [7, 11) is 0. The minimum atomic E-state index is -1.01. The molecule has 9 heteroatoms. The number of aromatic nitrogens is 4. The van der Waals surface area contributed by atoms with E-state index in [4.69, 9.17) is 4.74 Å². The average molecular weight is 443 g/mol. The van der Waals surface area contributed by atoms with Crippen LogP contribution >= 0.6 is 23.1 Å². The molecule has 0 unspecified atom stereocenters. The Morgan fingerprint density at radius 1 is 1.27 bits per heavy atom. The number of carbonyl (C=O) groups excluding carboxylic acids is 2. The number of carbonyl (C=O) groups is 2. The lowest BCUT2D eigenvalue weighted by atomic mass is 10.1. The maximum absolute atomic E-state index is 13.0. The highest BCUT2D eigenvalue weighted by atomic mass is 32.2. The Kier molecular flexibility index (Phi) is 6.29. The van der Waals surface area contributed by atoms with E-state index in [9.17, 15) is 9.59 Å². The Balaban J connectivity index is 1.56. The largest absolute Gasteiger partial charge is 0.465 e. The average Bonchev–Trinajstić information content (AvgIpc) is 3.36. The number of esters is 1. The van der Waals surface area contributed by atoms with Crippen molar-refractivity contribution >= 4 is 34.9 Å². The molecule has 0 radical (unpaired) electrons. The lowest BCUT2D eigenvalue weighted by Gasteiger charge is -2.13. The molecule has 7 nitrogen and oxygen atoms in total. The number of benzene rings is 1. The van der Waals surface area contributed by atoms with Crippen LogP contribution in [0.15, 0.2) is 40.9 Å². The first-order valence-electron chi connectivity index (χ1n) is 9.83. The summed E-state index contributed by atoms with van der Waals surface area (Å²) in [6.45, 7) is 3.78. The molecule has 30 heavy (non-hydrogen) atoms. The number of nitrogens with zero attached hydrogens (tertiary/aromatic N) is 4. The van der Waals surface area contributed by atoms with Crippen molar-refractivity contribution in [1.29, 1.82) is 0 Å². The van der Waals surface area contributed by atoms with E-state index in [-0.39, 0.29) is 18.1 Å². The zero-order chi connectivity index (χ0) is 21.1. The third-order valence-corrected chi connectivity index (χ3v) is 6.67. The second kappa shape index (κ2) is 9.09. The highest BCUT2D eigenvalue weighted by Crippen LogP contribution is 2.41. The Bertz CT molecular complexity index is 1040. The molecule has 1 aromatic carbocycles. The Labute approximate surface area is 182 Å². The zero-order valence-electron chi connectivity index (χ0n) is 16.8. The SMILES string of the molecule is CCOC(=O)[C@@H](C(=O)CSc1nnc(C2CC2)n1-c1ccccc1)c1nc(C)cs1. The molecule has 3 aromatic rings. The maximum atomic E-state index is 13.0. The minimum absolute atomic E-state index is 0.0811. The number of hydrogen-bond acceptors (Lipinski definition) is 8. The lowest BCUT2D eigenvalue weighted by molar-refractivity contribution is -0.147. The van der Waals surface area contributed by atoms with E-state index in [1.807, 2.05) is 47.2 Å². The van der Waals surface area contributed by atoms with Crippen molar-refractivity contribution in [1.82, 2.24) is 19.7 Å². The molecule has 0 spiro atoms. The van der Waals surface area contributed by atoms with Gasteiger partial charge in [0.2, 0.25) is 0 Å². The van der Waals surface area contributed by atoms with Crippen LogP contribution in [-0.2, 0) is 14.3 Å². The van der Waals surface area contributed by atoms with Crippen LogP contribution in [0.4, 0.5) is 0 Å². The maximum Gasteiger partial charge on any atom is 0.323 e. The first-order chi connectivity index (χ1) is 14.6. The van der Waals surface area contributed by atoms with Gasteiger partial charge < -0.3 is 4.74 Å². The molecule has 2 heterocycles. The Hall–Kier alpha value is -2.52. The number of ether oxygens (including phenoxy) is 1. The topological polar surface area (TPSA) is 87.0 Å². The quantitative estimate of drug-likeness (QED) is 0.282. The molecular weight excluding hydrogens is 420 g/mol. The van der Waals surface area contributed by atoms with Gasteiger partial charge in [0.05, 0.1) is 12.4 Å². The van der Waals surface area contributed by atoms with Crippen molar-refractivity contribution < 1.29 is 14.3 Å². The fourth-order valence-corrected chi connectivity index (χ4v) is 4.89. The van der Waals surface area contributed by atoms with E-state index in [0.29, 0.717) is 16.1 Å². The minimum Gasteiger partial charge on any atom is -0.465 e. The normalized spacial score (nSPS) is 14.5. The van der Waals surface area contributed by atoms with E-state index in [0.717, 1.165) is 30.0 Å². The van der Waals surface area contributed by atoms with E-state index >= 15 is 0 Å². The van der Waals surface area contributed by atoms with Gasteiger partial charge in [0.1, 0.15) is 10.8 Å². The number of thioether (sulfide) groups is 1. The summed E-state index contributed by atoms with van der Waals surface area (Å²) in [6.07, 6.45) is 2.20. The summed E-state index contributed by atoms with van der Waals surface area (Å²) >= 11 is 2.59. The van der Waals surface area contributed by atoms with E-state index in [1.54, 1.807) is 6.92 Å². The number of hydrogen-bond donors (Lipinski definition) is 0. The van der Waals surface area contributed by atoms with Crippen LogP contribution < -0.4 is 0 Å². The molecule has 1 atom stereocenters. The molecular formula is C21H22N4O3S2. The first kappa shape index (κ1) is 20.7. The number of Topliss-reactive ketones (excluding diaryl/α,β-unsaturated/α-hetero) is 1. The predicted octanol–water partition coefficient (Wildman–Crippen LogP) is 3.92. The number of rotatable bonds is 9. The Morgan fingerprint density at radius 2 is 2.03 bits per heavy atom. The number of aryl methyl sites for hydroxylation is 1. The smallest absolute Gasteiger partial charge is 0.323 e. The van der Waals surface area contributed by atoms with E-state index < -0.39 is 11.9 Å². The van der Waals surface area contributed by atoms with Gasteiger partial charge in [-0.05, 0) is 38.8 Å². The summed E-state index contributed by atoms with van der Waals surface area (Å²) in [5.41, 5.74) is 1.75. The second-order valence-corrected chi connectivity index (χ2v) is 8.89. The van der Waals surface area contributed by atoms with Crippen molar-refractivity contribution in [3.8, 4) is 5.69 Å². The molecule has 1 aliphatic carbocycles. The van der Waals surface area contributed by atoms with E-state index in [1.165, 1.54) is 23.1 Å². The van der Waals surface area contributed by atoms with Crippen LogP contribution in [0.2, 0.25) is 0 Å². The van der Waals surface area contributed by atoms with Crippen LogP contribution in [0.5, 0.6) is 0 Å². The van der Waals surface area contributed by atoms with Gasteiger partial charge >= 0.3 is 5.97 Å². The summed E-state index contributed by atoms with van der Waals surface area (Å²) in [5, 5.41) is 11.7. The molecule has 2 aromatic heterocycles. The van der Waals surface area contributed by atoms with Crippen molar-refractivity contribution in [2.24, 2.45) is 0 Å². The number of thiazole rings is 1. The fourth-order valence-electron chi connectivity index (χ4n) is 3.12. The van der Waals surface area contributed by atoms with Crippen LogP contribution in [0.1, 0.15) is 48.1 Å². The van der Waals surface area contributed by atoms with Crippen LogP contribution in [0.3, 0.4) is 0 Å². The third kappa shape index (κ3) is 4.46. The summed E-state index contributed by atoms with van der Waals surface area (Å²) in [5.74, 6) is -0.393. The monoisotopic (exact) mass is 442 g/mol. The second-order valence-electron chi connectivity index (χ2n) is 7.05. The first-order valence-corrected chi connectivity index (χ1v) is 11.7. The van der Waals surface area contributed by atoms with Crippen molar-refractivity contribution in [2.45, 2.75) is 43.7 Å². The number of para-hydroxylation sites is 1. The fraction of sp³-hybridized carbons (Fsp3) is 0.381. The third-order valence-electron chi connectivity index (χ3n) is 4.69. The lowest BCUT2D eigenvalue weighted by Crippen LogP contribution is -2.25. The molecule has 1 aliphatic rings. The Morgan fingerprint density at radius 3 is 2.67 bits per heavy atom. The van der Waals surface area contributed by atoms with Gasteiger partial charge in [-0.3, -0.25) is 14.2 Å². The van der Waals surface area contributed by atoms with Gasteiger partial charge in [0, 0.05) is 22.7 Å². The summed E-state index contributed by atoms with van der Waals surface area (Å²) in [6, 6.07) is 9.89. The predicted molar refractivity (Wildman–Crippen MR) is 115 cm³/mol. The van der Waals surface area contributed by atoms with Gasteiger partial charge in [-0.15, -0.1) is 21.5 Å². The van der Waals surface area contributed by atoms with Gasteiger partial charge in [0.15, 0.2) is 16.9 Å². The molecule has 1 saturated carbocycles. The highest BCUT2D eigenvalue weighted by molar-refractivity contribution is 7.99. The molecule has 0 aliphatic heterocycles.